The van der Waals surface area contributed by atoms with Gasteiger partial charge in [-0.25, -0.2) is 0 Å². The van der Waals surface area contributed by atoms with Gasteiger partial charge in [0.15, 0.2) is 6.10 Å². The molecule has 0 spiro atoms. The second-order valence-corrected chi connectivity index (χ2v) is 16.0. The molecule has 0 aromatic heterocycles. The van der Waals surface area contributed by atoms with Gasteiger partial charge >= 0.3 is 17.9 Å². The first-order valence-electron chi connectivity index (χ1n) is 23.8. The van der Waals surface area contributed by atoms with Crippen LogP contribution < -0.4 is 0 Å². The Hall–Kier alpha value is -2.11. The Labute approximate surface area is 341 Å². The summed E-state index contributed by atoms with van der Waals surface area (Å²) in [6, 6.07) is 0. The molecule has 0 bridgehead atoms. The Balaban J connectivity index is 4.37. The number of unbranched alkanes of at least 4 members (excludes halogenated alkanes) is 28. The van der Waals surface area contributed by atoms with Crippen molar-refractivity contribution in [2.75, 3.05) is 13.2 Å². The van der Waals surface area contributed by atoms with Gasteiger partial charge in [0.05, 0.1) is 0 Å². The molecule has 322 valence electrons. The Morgan fingerprint density at radius 3 is 0.927 bits per heavy atom. The van der Waals surface area contributed by atoms with Crippen molar-refractivity contribution in [3.63, 3.8) is 0 Å². The molecule has 0 saturated carbocycles. The molecule has 6 nitrogen and oxygen atoms in total. The van der Waals surface area contributed by atoms with Crippen LogP contribution in [0.5, 0.6) is 0 Å². The Bertz CT molecular complexity index is 844. The number of carbonyl (C=O) groups is 3. The van der Waals surface area contributed by atoms with Gasteiger partial charge in [-0.15, -0.1) is 0 Å². The highest BCUT2D eigenvalue weighted by Crippen LogP contribution is 2.14. The molecule has 0 aromatic rings. The van der Waals surface area contributed by atoms with Gasteiger partial charge in [-0.05, 0) is 70.6 Å². The number of carbonyl (C=O) groups excluding carboxylic acids is 3. The van der Waals surface area contributed by atoms with Crippen LogP contribution in [0.4, 0.5) is 0 Å². The predicted octanol–water partition coefficient (Wildman–Crippen LogP) is 15.2. The van der Waals surface area contributed by atoms with Crippen LogP contribution in [0.15, 0.2) is 24.3 Å². The van der Waals surface area contributed by atoms with Crippen LogP contribution in [0.2, 0.25) is 0 Å². The van der Waals surface area contributed by atoms with Crippen molar-refractivity contribution in [1.82, 2.24) is 0 Å². The van der Waals surface area contributed by atoms with Crippen molar-refractivity contribution in [1.29, 1.82) is 0 Å². The summed E-state index contributed by atoms with van der Waals surface area (Å²) in [6.07, 6.45) is 48.7. The van der Waals surface area contributed by atoms with Crippen molar-refractivity contribution < 1.29 is 28.6 Å². The molecule has 6 heteroatoms. The number of rotatable bonds is 43. The fourth-order valence-corrected chi connectivity index (χ4v) is 6.78. The van der Waals surface area contributed by atoms with E-state index in [1.54, 1.807) is 0 Å². The minimum Gasteiger partial charge on any atom is -0.462 e. The zero-order valence-electron chi connectivity index (χ0n) is 36.7. The van der Waals surface area contributed by atoms with Gasteiger partial charge in [-0.3, -0.25) is 14.4 Å². The van der Waals surface area contributed by atoms with Gasteiger partial charge in [0.1, 0.15) is 13.2 Å². The maximum atomic E-state index is 12.7. The molecule has 0 heterocycles. The molecule has 0 saturated heterocycles. The van der Waals surface area contributed by atoms with Gasteiger partial charge in [-0.2, -0.15) is 0 Å². The number of allylic oxidation sites excluding steroid dienone is 4. The molecule has 0 aromatic carbocycles. The molecule has 0 unspecified atom stereocenters. The van der Waals surface area contributed by atoms with Crippen molar-refractivity contribution in [2.24, 2.45) is 0 Å². The molecule has 0 aliphatic carbocycles. The smallest absolute Gasteiger partial charge is 0.306 e. The molecule has 55 heavy (non-hydrogen) atoms. The Morgan fingerprint density at radius 1 is 0.345 bits per heavy atom. The lowest BCUT2D eigenvalue weighted by Gasteiger charge is -2.18. The van der Waals surface area contributed by atoms with Crippen LogP contribution in [0.3, 0.4) is 0 Å². The van der Waals surface area contributed by atoms with Crippen LogP contribution in [0, 0.1) is 0 Å². The molecule has 0 aliphatic heterocycles. The van der Waals surface area contributed by atoms with Crippen LogP contribution in [-0.2, 0) is 28.6 Å². The lowest BCUT2D eigenvalue weighted by Crippen LogP contribution is -2.30. The summed E-state index contributed by atoms with van der Waals surface area (Å²) in [5.74, 6) is -0.886. The van der Waals surface area contributed by atoms with Crippen molar-refractivity contribution in [3.05, 3.63) is 24.3 Å². The van der Waals surface area contributed by atoms with Crippen molar-refractivity contribution >= 4 is 17.9 Å². The van der Waals surface area contributed by atoms with E-state index in [0.717, 1.165) is 70.6 Å². The molecule has 0 aliphatic rings. The highest BCUT2D eigenvalue weighted by atomic mass is 16.6. The fraction of sp³-hybridized carbons (Fsp3) is 0.857. The molecule has 0 N–H and O–H groups in total. The molecular formula is C49H90O6. The fourth-order valence-electron chi connectivity index (χ4n) is 6.78. The maximum Gasteiger partial charge on any atom is 0.306 e. The van der Waals surface area contributed by atoms with Gasteiger partial charge in [0, 0.05) is 19.3 Å². The normalized spacial score (nSPS) is 12.1. The average Bonchev–Trinajstić information content (AvgIpc) is 3.18. The predicted molar refractivity (Wildman–Crippen MR) is 233 cm³/mol. The van der Waals surface area contributed by atoms with E-state index in [1.807, 2.05) is 0 Å². The quantitative estimate of drug-likeness (QED) is 0.0266. The van der Waals surface area contributed by atoms with E-state index in [9.17, 15) is 14.4 Å². The highest BCUT2D eigenvalue weighted by molar-refractivity contribution is 5.71. The van der Waals surface area contributed by atoms with Gasteiger partial charge in [0.2, 0.25) is 0 Å². The minimum absolute atomic E-state index is 0.0753. The summed E-state index contributed by atoms with van der Waals surface area (Å²) in [6.45, 7) is 6.59. The monoisotopic (exact) mass is 775 g/mol. The number of hydrogen-bond acceptors (Lipinski definition) is 6. The first-order valence-corrected chi connectivity index (χ1v) is 23.8. The lowest BCUT2D eigenvalue weighted by molar-refractivity contribution is -0.167. The highest BCUT2D eigenvalue weighted by Gasteiger charge is 2.19. The molecule has 0 fully saturated rings. The van der Waals surface area contributed by atoms with E-state index < -0.39 is 6.10 Å². The van der Waals surface area contributed by atoms with Crippen molar-refractivity contribution in [3.8, 4) is 0 Å². The third kappa shape index (κ3) is 42.9. The van der Waals surface area contributed by atoms with Crippen LogP contribution in [-0.4, -0.2) is 37.2 Å². The molecule has 0 radical (unpaired) electrons. The molecular weight excluding hydrogens is 685 g/mol. The number of hydrogen-bond donors (Lipinski definition) is 0. The second-order valence-electron chi connectivity index (χ2n) is 16.0. The zero-order chi connectivity index (χ0) is 40.1. The topological polar surface area (TPSA) is 78.9 Å². The van der Waals surface area contributed by atoms with E-state index in [1.165, 1.54) is 141 Å². The third-order valence-electron chi connectivity index (χ3n) is 10.4. The third-order valence-corrected chi connectivity index (χ3v) is 10.4. The van der Waals surface area contributed by atoms with Gasteiger partial charge < -0.3 is 14.2 Å². The lowest BCUT2D eigenvalue weighted by atomic mass is 10.1. The number of ether oxygens (including phenoxy) is 3. The standard InChI is InChI=1S/C49H90O6/c1-4-7-10-13-16-19-22-24-27-29-32-35-38-41-47(50)53-44-46(55-49(52)43-40-37-34-31-26-21-18-15-12-9-6-3)45-54-48(51)42-39-36-33-30-28-25-23-20-17-14-11-8-5-2/h19-20,22-23,46H,4-18,21,24-45H2,1-3H3. The zero-order valence-corrected chi connectivity index (χ0v) is 36.7. The average molecular weight is 775 g/mol. The Morgan fingerprint density at radius 2 is 0.600 bits per heavy atom. The summed E-state index contributed by atoms with van der Waals surface area (Å²) in [4.78, 5) is 37.8. The summed E-state index contributed by atoms with van der Waals surface area (Å²) in [7, 11) is 0. The summed E-state index contributed by atoms with van der Waals surface area (Å²) in [5.41, 5.74) is 0. The van der Waals surface area contributed by atoms with Crippen LogP contribution >= 0.6 is 0 Å². The van der Waals surface area contributed by atoms with E-state index in [2.05, 4.69) is 45.1 Å². The summed E-state index contributed by atoms with van der Waals surface area (Å²) in [5, 5.41) is 0. The van der Waals surface area contributed by atoms with Gasteiger partial charge in [0.25, 0.3) is 0 Å². The van der Waals surface area contributed by atoms with E-state index in [4.69, 9.17) is 14.2 Å². The van der Waals surface area contributed by atoms with Gasteiger partial charge in [-0.1, -0.05) is 186 Å². The second kappa shape index (κ2) is 44.6. The molecule has 0 atom stereocenters. The summed E-state index contributed by atoms with van der Waals surface area (Å²) >= 11 is 0. The number of esters is 3. The largest absolute Gasteiger partial charge is 0.462 e. The molecule has 0 amide bonds. The molecule has 0 rings (SSSR count). The van der Waals surface area contributed by atoms with E-state index in [0.29, 0.717) is 19.3 Å². The van der Waals surface area contributed by atoms with Crippen LogP contribution in [0.25, 0.3) is 0 Å². The SMILES string of the molecule is CCCCCCC=CCCCCCCCC(=O)OCC(COC(=O)CCCCCCCC=CCCCCCC)OC(=O)CCCCCCCCCCCCC. The van der Waals surface area contributed by atoms with E-state index >= 15 is 0 Å². The first-order chi connectivity index (χ1) is 27.0. The van der Waals surface area contributed by atoms with Crippen molar-refractivity contribution in [2.45, 2.75) is 258 Å². The Kier molecular flexibility index (Phi) is 42.9. The van der Waals surface area contributed by atoms with Crippen LogP contribution in [0.1, 0.15) is 252 Å². The first kappa shape index (κ1) is 52.9. The minimum atomic E-state index is -0.771. The maximum absolute atomic E-state index is 12.7. The van der Waals surface area contributed by atoms with E-state index in [-0.39, 0.29) is 31.1 Å². The summed E-state index contributed by atoms with van der Waals surface area (Å²) < 4.78 is 16.7.